The van der Waals surface area contributed by atoms with E-state index >= 15 is 0 Å². The van der Waals surface area contributed by atoms with Crippen LogP contribution in [0.1, 0.15) is 49.0 Å². The molecule has 1 aliphatic heterocycles. The Hall–Kier alpha value is -1.35. The number of hydrogen-bond acceptors (Lipinski definition) is 2. The van der Waals surface area contributed by atoms with Crippen LogP contribution in [0.2, 0.25) is 0 Å². The van der Waals surface area contributed by atoms with Crippen molar-refractivity contribution >= 4 is 5.91 Å². The molecule has 1 saturated heterocycles. The van der Waals surface area contributed by atoms with Crippen molar-refractivity contribution in [2.24, 2.45) is 5.92 Å². The summed E-state index contributed by atoms with van der Waals surface area (Å²) in [6.45, 7) is 8.52. The van der Waals surface area contributed by atoms with E-state index in [9.17, 15) is 4.79 Å². The van der Waals surface area contributed by atoms with Gasteiger partial charge in [0.05, 0.1) is 0 Å². The molecule has 0 spiro atoms. The first-order chi connectivity index (χ1) is 9.69. The normalized spacial score (nSPS) is 19.8. The predicted octanol–water partition coefficient (Wildman–Crippen LogP) is 3.06. The maximum absolute atomic E-state index is 11.8. The molecule has 1 aliphatic rings. The molecule has 1 aromatic rings. The van der Waals surface area contributed by atoms with Gasteiger partial charge in [-0.25, -0.2) is 0 Å². The van der Waals surface area contributed by atoms with Gasteiger partial charge in [0.2, 0.25) is 0 Å². The van der Waals surface area contributed by atoms with Gasteiger partial charge in [-0.1, -0.05) is 26.0 Å². The van der Waals surface area contributed by atoms with E-state index in [0.717, 1.165) is 31.0 Å². The maximum Gasteiger partial charge on any atom is 0.251 e. The van der Waals surface area contributed by atoms with Gasteiger partial charge in [-0.15, -0.1) is 0 Å². The fraction of sp³-hybridized carbons (Fsp3) is 0.588. The van der Waals surface area contributed by atoms with Crippen LogP contribution in [-0.2, 0) is 6.54 Å². The molecule has 0 radical (unpaired) electrons. The maximum atomic E-state index is 11.8. The van der Waals surface area contributed by atoms with E-state index in [1.54, 1.807) is 0 Å². The fourth-order valence-electron chi connectivity index (χ4n) is 2.79. The van der Waals surface area contributed by atoms with Gasteiger partial charge in [-0.3, -0.25) is 9.69 Å². The lowest BCUT2D eigenvalue weighted by Crippen LogP contribution is -2.33. The van der Waals surface area contributed by atoms with E-state index < -0.39 is 0 Å². The average molecular weight is 274 g/mol. The van der Waals surface area contributed by atoms with Crippen LogP contribution in [0.15, 0.2) is 24.3 Å². The van der Waals surface area contributed by atoms with Gasteiger partial charge < -0.3 is 5.32 Å². The second-order valence-electron chi connectivity index (χ2n) is 5.94. The van der Waals surface area contributed by atoms with Crippen LogP contribution < -0.4 is 5.32 Å². The monoisotopic (exact) mass is 274 g/mol. The lowest BCUT2D eigenvalue weighted by Gasteiger charge is -2.30. The van der Waals surface area contributed by atoms with Gasteiger partial charge in [0, 0.05) is 25.2 Å². The Bertz CT molecular complexity index is 427. The molecule has 0 aliphatic carbocycles. The molecule has 110 valence electrons. The smallest absolute Gasteiger partial charge is 0.251 e. The summed E-state index contributed by atoms with van der Waals surface area (Å²) in [5.41, 5.74) is 2.06. The van der Waals surface area contributed by atoms with E-state index in [1.807, 2.05) is 12.1 Å². The van der Waals surface area contributed by atoms with Crippen LogP contribution in [0.5, 0.6) is 0 Å². The summed E-state index contributed by atoms with van der Waals surface area (Å²) >= 11 is 0. The molecule has 1 N–H and O–H groups in total. The first-order valence-electron chi connectivity index (χ1n) is 7.78. The highest BCUT2D eigenvalue weighted by molar-refractivity contribution is 5.94. The van der Waals surface area contributed by atoms with Crippen LogP contribution in [0, 0.1) is 5.92 Å². The highest BCUT2D eigenvalue weighted by Gasteiger charge is 2.16. The number of nitrogens with one attached hydrogen (secondary N) is 1. The molecule has 1 fully saturated rings. The second kappa shape index (κ2) is 7.44. The summed E-state index contributed by atoms with van der Waals surface area (Å²) < 4.78 is 0. The summed E-state index contributed by atoms with van der Waals surface area (Å²) in [5.74, 6) is 0.841. The van der Waals surface area contributed by atoms with Crippen LogP contribution in [0.4, 0.5) is 0 Å². The summed E-state index contributed by atoms with van der Waals surface area (Å²) in [6.07, 6.45) is 3.63. The molecule has 0 saturated carbocycles. The molecular formula is C17H26N2O. The van der Waals surface area contributed by atoms with E-state index in [2.05, 4.69) is 36.2 Å². The van der Waals surface area contributed by atoms with Crippen molar-refractivity contribution in [2.45, 2.75) is 39.7 Å². The number of carbonyl (C=O) groups is 1. The molecule has 1 amide bonds. The third-order valence-corrected chi connectivity index (χ3v) is 3.90. The molecule has 1 atom stereocenters. The van der Waals surface area contributed by atoms with Crippen LogP contribution in [0.3, 0.4) is 0 Å². The minimum atomic E-state index is 0.0324. The Balaban J connectivity index is 1.89. The topological polar surface area (TPSA) is 32.3 Å². The predicted molar refractivity (Wildman–Crippen MR) is 82.7 cm³/mol. The Kier molecular flexibility index (Phi) is 5.60. The van der Waals surface area contributed by atoms with Crippen molar-refractivity contribution in [3.05, 3.63) is 35.4 Å². The molecule has 1 aromatic carbocycles. The third kappa shape index (κ3) is 4.34. The molecule has 0 unspecified atom stereocenters. The van der Waals surface area contributed by atoms with Crippen LogP contribution in [0.25, 0.3) is 0 Å². The SMILES string of the molecule is CCCNC(=O)c1ccc(CN2CCC[C@@H](C)C2)cc1. The summed E-state index contributed by atoms with van der Waals surface area (Å²) in [4.78, 5) is 14.3. The quantitative estimate of drug-likeness (QED) is 0.895. The minimum Gasteiger partial charge on any atom is -0.352 e. The summed E-state index contributed by atoms with van der Waals surface area (Å²) in [7, 11) is 0. The Morgan fingerprint density at radius 3 is 2.75 bits per heavy atom. The molecule has 0 aromatic heterocycles. The number of amides is 1. The van der Waals surface area contributed by atoms with Gasteiger partial charge in [0.25, 0.3) is 5.91 Å². The highest BCUT2D eigenvalue weighted by atomic mass is 16.1. The average Bonchev–Trinajstić information content (AvgIpc) is 2.45. The number of benzene rings is 1. The number of hydrogen-bond donors (Lipinski definition) is 1. The number of rotatable bonds is 5. The van der Waals surface area contributed by atoms with Gasteiger partial charge in [-0.2, -0.15) is 0 Å². The number of piperidine rings is 1. The van der Waals surface area contributed by atoms with Crippen molar-refractivity contribution in [1.29, 1.82) is 0 Å². The lowest BCUT2D eigenvalue weighted by atomic mass is 9.99. The number of likely N-dealkylation sites (tertiary alicyclic amines) is 1. The Morgan fingerprint density at radius 1 is 1.35 bits per heavy atom. The molecule has 0 bridgehead atoms. The molecule has 3 nitrogen and oxygen atoms in total. The first kappa shape index (κ1) is 15.0. The standard InChI is InChI=1S/C17H26N2O/c1-3-10-18-17(20)16-8-6-15(7-9-16)13-19-11-4-5-14(2)12-19/h6-9,14H,3-5,10-13H2,1-2H3,(H,18,20)/t14-/m1/s1. The number of nitrogens with zero attached hydrogens (tertiary/aromatic N) is 1. The molecule has 2 rings (SSSR count). The van der Waals surface area contributed by atoms with Crippen molar-refractivity contribution in [3.63, 3.8) is 0 Å². The lowest BCUT2D eigenvalue weighted by molar-refractivity contribution is 0.0953. The fourth-order valence-corrected chi connectivity index (χ4v) is 2.79. The van der Waals surface area contributed by atoms with Gasteiger partial charge in [-0.05, 0) is 49.4 Å². The van der Waals surface area contributed by atoms with Crippen molar-refractivity contribution in [1.82, 2.24) is 10.2 Å². The largest absolute Gasteiger partial charge is 0.352 e. The van der Waals surface area contributed by atoms with Gasteiger partial charge in [0.1, 0.15) is 0 Å². The van der Waals surface area contributed by atoms with E-state index in [1.165, 1.54) is 31.5 Å². The van der Waals surface area contributed by atoms with Crippen LogP contribution in [-0.4, -0.2) is 30.4 Å². The summed E-state index contributed by atoms with van der Waals surface area (Å²) in [6, 6.07) is 8.04. The molecule has 1 heterocycles. The molecule has 3 heteroatoms. The minimum absolute atomic E-state index is 0.0324. The van der Waals surface area contributed by atoms with Crippen molar-refractivity contribution in [2.75, 3.05) is 19.6 Å². The zero-order valence-corrected chi connectivity index (χ0v) is 12.7. The summed E-state index contributed by atoms with van der Waals surface area (Å²) in [5, 5.41) is 2.91. The van der Waals surface area contributed by atoms with E-state index in [4.69, 9.17) is 0 Å². The van der Waals surface area contributed by atoms with Crippen LogP contribution >= 0.6 is 0 Å². The number of carbonyl (C=O) groups excluding carboxylic acids is 1. The molecular weight excluding hydrogens is 248 g/mol. The highest BCUT2D eigenvalue weighted by Crippen LogP contribution is 2.18. The zero-order valence-electron chi connectivity index (χ0n) is 12.7. The Morgan fingerprint density at radius 2 is 2.10 bits per heavy atom. The zero-order chi connectivity index (χ0) is 14.4. The van der Waals surface area contributed by atoms with Crippen molar-refractivity contribution < 1.29 is 4.79 Å². The van der Waals surface area contributed by atoms with E-state index in [-0.39, 0.29) is 5.91 Å². The first-order valence-corrected chi connectivity index (χ1v) is 7.78. The second-order valence-corrected chi connectivity index (χ2v) is 5.94. The van der Waals surface area contributed by atoms with E-state index in [0.29, 0.717) is 0 Å². The third-order valence-electron chi connectivity index (χ3n) is 3.90. The van der Waals surface area contributed by atoms with Crippen molar-refractivity contribution in [3.8, 4) is 0 Å². The van der Waals surface area contributed by atoms with Gasteiger partial charge in [0.15, 0.2) is 0 Å². The van der Waals surface area contributed by atoms with Gasteiger partial charge >= 0.3 is 0 Å². The molecule has 20 heavy (non-hydrogen) atoms. The Labute approximate surface area is 122 Å².